The van der Waals surface area contributed by atoms with Crippen LogP contribution in [-0.4, -0.2) is 0 Å². The molecule has 29 heavy (non-hydrogen) atoms. The predicted molar refractivity (Wildman–Crippen MR) is 124 cm³/mol. The van der Waals surface area contributed by atoms with E-state index in [2.05, 4.69) is 128 Å². The van der Waals surface area contributed by atoms with E-state index in [-0.39, 0.29) is 0 Å². The van der Waals surface area contributed by atoms with Crippen molar-refractivity contribution in [1.82, 2.24) is 0 Å². The van der Waals surface area contributed by atoms with Crippen LogP contribution in [0, 0.1) is 6.42 Å². The molecule has 137 valence electrons. The molecule has 0 spiro atoms. The fourth-order valence-corrected chi connectivity index (χ4v) is 4.06. The number of rotatable bonds is 4. The number of hydrogen-bond acceptors (Lipinski definition) is 0. The van der Waals surface area contributed by atoms with Crippen LogP contribution in [0.25, 0.3) is 22.3 Å². The van der Waals surface area contributed by atoms with Crippen molar-refractivity contribution >= 4 is 22.3 Å². The molecule has 0 aromatic heterocycles. The Labute approximate surface area is 172 Å². The number of hydrogen-bond donors (Lipinski definition) is 0. The van der Waals surface area contributed by atoms with E-state index in [0.29, 0.717) is 0 Å². The summed E-state index contributed by atoms with van der Waals surface area (Å²) >= 11 is 0. The van der Waals surface area contributed by atoms with E-state index in [9.17, 15) is 0 Å². The van der Waals surface area contributed by atoms with Gasteiger partial charge in [-0.05, 0) is 44.5 Å². The largest absolute Gasteiger partial charge is 0.0622 e. The van der Waals surface area contributed by atoms with Crippen LogP contribution in [-0.2, 0) is 0 Å². The fourth-order valence-electron chi connectivity index (χ4n) is 4.06. The van der Waals surface area contributed by atoms with Gasteiger partial charge in [0, 0.05) is 6.42 Å². The van der Waals surface area contributed by atoms with Gasteiger partial charge in [-0.1, -0.05) is 121 Å². The summed E-state index contributed by atoms with van der Waals surface area (Å²) in [6, 6.07) is 42.9. The zero-order valence-corrected chi connectivity index (χ0v) is 16.1. The second kappa shape index (κ2) is 7.77. The van der Waals surface area contributed by atoms with Gasteiger partial charge in [-0.15, -0.1) is 0 Å². The lowest BCUT2D eigenvalue weighted by molar-refractivity contribution is 1.57. The van der Waals surface area contributed by atoms with E-state index in [4.69, 9.17) is 0 Å². The highest BCUT2D eigenvalue weighted by atomic mass is 14.3. The topological polar surface area (TPSA) is 0 Å². The lowest BCUT2D eigenvalue weighted by Gasteiger charge is -2.14. The highest BCUT2D eigenvalue weighted by molar-refractivity contribution is 6.31. The highest BCUT2D eigenvalue weighted by Crippen LogP contribution is 2.50. The molecule has 0 aliphatic heterocycles. The van der Waals surface area contributed by atoms with Crippen molar-refractivity contribution in [2.75, 3.05) is 0 Å². The summed E-state index contributed by atoms with van der Waals surface area (Å²) in [7, 11) is 0. The van der Waals surface area contributed by atoms with Crippen molar-refractivity contribution in [1.29, 1.82) is 0 Å². The maximum Gasteiger partial charge on any atom is 0.0224 e. The Morgan fingerprint density at radius 1 is 0.276 bits per heavy atom. The van der Waals surface area contributed by atoms with E-state index in [0.717, 1.165) is 0 Å². The molecule has 5 rings (SSSR count). The van der Waals surface area contributed by atoms with Gasteiger partial charge in [0.2, 0.25) is 0 Å². The lowest BCUT2D eigenvalue weighted by atomic mass is 9.89. The molecule has 1 aliphatic rings. The average molecular weight is 369 g/mol. The third-order valence-corrected chi connectivity index (χ3v) is 5.37. The molecule has 4 aromatic rings. The van der Waals surface area contributed by atoms with Crippen molar-refractivity contribution in [3.05, 3.63) is 150 Å². The molecule has 0 saturated carbocycles. The van der Waals surface area contributed by atoms with Crippen LogP contribution in [0.3, 0.4) is 0 Å². The molecule has 1 radical (unpaired) electrons. The molecule has 0 fully saturated rings. The van der Waals surface area contributed by atoms with Gasteiger partial charge in [-0.25, -0.2) is 0 Å². The normalized spacial score (nSPS) is 13.8. The molecule has 0 bridgehead atoms. The molecule has 0 saturated heterocycles. The van der Waals surface area contributed by atoms with Crippen molar-refractivity contribution in [2.45, 2.75) is 0 Å². The quantitative estimate of drug-likeness (QED) is 0.351. The van der Waals surface area contributed by atoms with E-state index in [1.807, 2.05) is 0 Å². The van der Waals surface area contributed by atoms with Gasteiger partial charge < -0.3 is 0 Å². The number of benzene rings is 4. The SMILES string of the molecule is [CH]1C(c2ccccc2)=C(c2ccccc2)C(c2ccccc2)=C1c1ccccc1. The smallest absolute Gasteiger partial charge is 0.0224 e. The van der Waals surface area contributed by atoms with E-state index < -0.39 is 0 Å². The zero-order chi connectivity index (χ0) is 19.5. The van der Waals surface area contributed by atoms with Gasteiger partial charge >= 0.3 is 0 Å². The maximum absolute atomic E-state index is 2.36. The minimum Gasteiger partial charge on any atom is -0.0622 e. The molecule has 0 unspecified atom stereocenters. The fraction of sp³-hybridized carbons (Fsp3) is 0. The summed E-state index contributed by atoms with van der Waals surface area (Å²) < 4.78 is 0. The summed E-state index contributed by atoms with van der Waals surface area (Å²) in [5.74, 6) is 0. The molecule has 0 atom stereocenters. The Hall–Kier alpha value is -3.64. The average Bonchev–Trinajstić information content (AvgIpc) is 3.22. The molecular weight excluding hydrogens is 348 g/mol. The van der Waals surface area contributed by atoms with Crippen molar-refractivity contribution < 1.29 is 0 Å². The first-order chi connectivity index (χ1) is 14.4. The van der Waals surface area contributed by atoms with E-state index >= 15 is 0 Å². The Kier molecular flexibility index (Phi) is 4.68. The van der Waals surface area contributed by atoms with Crippen molar-refractivity contribution in [3.63, 3.8) is 0 Å². The van der Waals surface area contributed by atoms with Gasteiger partial charge in [-0.3, -0.25) is 0 Å². The first kappa shape index (κ1) is 17.5. The van der Waals surface area contributed by atoms with Crippen molar-refractivity contribution in [3.8, 4) is 0 Å². The minimum absolute atomic E-state index is 1.24. The highest BCUT2D eigenvalue weighted by Gasteiger charge is 2.28. The second-order valence-electron chi connectivity index (χ2n) is 7.19. The first-order valence-electron chi connectivity index (χ1n) is 9.97. The second-order valence-corrected chi connectivity index (χ2v) is 7.19. The van der Waals surface area contributed by atoms with Gasteiger partial charge in [0.05, 0.1) is 0 Å². The maximum atomic E-state index is 2.36. The van der Waals surface area contributed by atoms with Crippen LogP contribution < -0.4 is 0 Å². The number of allylic oxidation sites excluding steroid dienone is 4. The Balaban J connectivity index is 1.81. The standard InChI is InChI=1S/C29H21/c1-5-13-22(14-6-1)26-21-27(23-15-7-2-8-16-23)29(25-19-11-4-12-20-25)28(26)24-17-9-3-10-18-24/h1-21H. The predicted octanol–water partition coefficient (Wildman–Crippen LogP) is 7.43. The van der Waals surface area contributed by atoms with Gasteiger partial charge in [0.15, 0.2) is 0 Å². The molecular formula is C29H21. The van der Waals surface area contributed by atoms with Crippen LogP contribution in [0.15, 0.2) is 121 Å². The van der Waals surface area contributed by atoms with E-state index in [1.165, 1.54) is 44.5 Å². The van der Waals surface area contributed by atoms with Gasteiger partial charge in [-0.2, -0.15) is 0 Å². The Bertz CT molecular complexity index is 1070. The Morgan fingerprint density at radius 3 is 0.862 bits per heavy atom. The van der Waals surface area contributed by atoms with Gasteiger partial charge in [0.25, 0.3) is 0 Å². The lowest BCUT2D eigenvalue weighted by Crippen LogP contribution is -1.92. The zero-order valence-electron chi connectivity index (χ0n) is 16.1. The minimum atomic E-state index is 1.24. The molecule has 0 N–H and O–H groups in total. The molecule has 0 heterocycles. The molecule has 0 heteroatoms. The van der Waals surface area contributed by atoms with Crippen LogP contribution in [0.1, 0.15) is 22.3 Å². The molecule has 4 aromatic carbocycles. The van der Waals surface area contributed by atoms with Crippen LogP contribution in [0.2, 0.25) is 0 Å². The van der Waals surface area contributed by atoms with Crippen molar-refractivity contribution in [2.24, 2.45) is 0 Å². The van der Waals surface area contributed by atoms with Crippen LogP contribution in [0.5, 0.6) is 0 Å². The molecule has 0 nitrogen and oxygen atoms in total. The third-order valence-electron chi connectivity index (χ3n) is 5.37. The Morgan fingerprint density at radius 2 is 0.552 bits per heavy atom. The van der Waals surface area contributed by atoms with Crippen LogP contribution >= 0.6 is 0 Å². The molecule has 0 amide bonds. The summed E-state index contributed by atoms with van der Waals surface area (Å²) in [4.78, 5) is 0. The summed E-state index contributed by atoms with van der Waals surface area (Å²) in [6.45, 7) is 0. The third kappa shape index (κ3) is 3.34. The monoisotopic (exact) mass is 369 g/mol. The molecule has 1 aliphatic carbocycles. The van der Waals surface area contributed by atoms with Gasteiger partial charge in [0.1, 0.15) is 0 Å². The summed E-state index contributed by atoms with van der Waals surface area (Å²) in [5, 5.41) is 0. The summed E-state index contributed by atoms with van der Waals surface area (Å²) in [5.41, 5.74) is 10.1. The van der Waals surface area contributed by atoms with E-state index in [1.54, 1.807) is 0 Å². The summed E-state index contributed by atoms with van der Waals surface area (Å²) in [6.07, 6.45) is 2.36. The first-order valence-corrected chi connectivity index (χ1v) is 9.97. The van der Waals surface area contributed by atoms with Crippen LogP contribution in [0.4, 0.5) is 0 Å².